The molecule has 4 heterocycles. The van der Waals surface area contributed by atoms with Gasteiger partial charge < -0.3 is 18.3 Å². The first-order valence-electron chi connectivity index (χ1n) is 23.2. The van der Waals surface area contributed by atoms with Gasteiger partial charge in [-0.2, -0.15) is 0 Å². The van der Waals surface area contributed by atoms with Crippen molar-refractivity contribution in [1.29, 1.82) is 0 Å². The van der Waals surface area contributed by atoms with Gasteiger partial charge in [-0.3, -0.25) is 0 Å². The number of benzene rings is 10. The number of hydrogen-bond donors (Lipinski definition) is 0. The minimum absolute atomic E-state index is 1.11. The lowest BCUT2D eigenvalue weighted by Gasteiger charge is -2.10. The van der Waals surface area contributed by atoms with Gasteiger partial charge in [-0.15, -0.1) is 0 Å². The molecule has 0 bridgehead atoms. The van der Waals surface area contributed by atoms with E-state index in [1.807, 2.05) is 12.2 Å². The molecule has 0 N–H and O–H groups in total. The van der Waals surface area contributed by atoms with E-state index in [2.05, 4.69) is 262 Å². The SMILES string of the molecule is C=Cc1ccc(-n2c3ccccc3c3c2ccc2c4ccccc4n(-c4ccccc4)c23)cc1.C=Cc1cccc(-n2c3ccccc3c3ccc4c(c5ccccc5n4-c4ccccc4)c32)c1. The number of nitrogens with zero attached hydrogens (tertiary/aromatic N) is 4. The van der Waals surface area contributed by atoms with Gasteiger partial charge in [0.1, 0.15) is 0 Å². The topological polar surface area (TPSA) is 19.7 Å². The highest BCUT2D eigenvalue weighted by Gasteiger charge is 2.22. The maximum absolute atomic E-state index is 3.99. The minimum Gasteiger partial charge on any atom is -0.309 e. The molecule has 68 heavy (non-hydrogen) atoms. The summed E-state index contributed by atoms with van der Waals surface area (Å²) in [6, 6.07) is 82.6. The smallest absolute Gasteiger partial charge is 0.0641 e. The lowest BCUT2D eigenvalue weighted by molar-refractivity contribution is 1.17. The second-order valence-electron chi connectivity index (χ2n) is 17.4. The third kappa shape index (κ3) is 5.94. The van der Waals surface area contributed by atoms with Crippen LogP contribution in [0.2, 0.25) is 0 Å². The molecule has 0 radical (unpaired) electrons. The first-order valence-corrected chi connectivity index (χ1v) is 23.2. The molecular weight excluding hydrogens is 825 g/mol. The molecule has 0 spiro atoms. The fraction of sp³-hybridized carbons (Fsp3) is 0. The second-order valence-corrected chi connectivity index (χ2v) is 17.4. The Bertz CT molecular complexity index is 4270. The van der Waals surface area contributed by atoms with Crippen LogP contribution in [0.4, 0.5) is 0 Å². The van der Waals surface area contributed by atoms with Gasteiger partial charge in [0.25, 0.3) is 0 Å². The molecule has 0 amide bonds. The molecule has 0 saturated heterocycles. The van der Waals surface area contributed by atoms with Gasteiger partial charge in [0.05, 0.1) is 44.1 Å². The first kappa shape index (κ1) is 39.3. The lowest BCUT2D eigenvalue weighted by Crippen LogP contribution is -1.95. The van der Waals surface area contributed by atoms with Crippen molar-refractivity contribution in [3.8, 4) is 22.7 Å². The van der Waals surface area contributed by atoms with Gasteiger partial charge in [-0.05, 0) is 96.1 Å². The third-order valence-electron chi connectivity index (χ3n) is 13.7. The molecule has 0 aliphatic carbocycles. The van der Waals surface area contributed by atoms with Gasteiger partial charge in [0.2, 0.25) is 0 Å². The fourth-order valence-electron chi connectivity index (χ4n) is 10.8. The van der Waals surface area contributed by atoms with Crippen molar-refractivity contribution in [3.63, 3.8) is 0 Å². The molecule has 4 heteroatoms. The van der Waals surface area contributed by atoms with E-state index in [9.17, 15) is 0 Å². The van der Waals surface area contributed by atoms with Crippen LogP contribution in [0.1, 0.15) is 11.1 Å². The Labute approximate surface area is 393 Å². The summed E-state index contributed by atoms with van der Waals surface area (Å²) in [5.41, 5.74) is 16.7. The van der Waals surface area contributed by atoms with E-state index >= 15 is 0 Å². The summed E-state index contributed by atoms with van der Waals surface area (Å²) < 4.78 is 9.60. The highest BCUT2D eigenvalue weighted by molar-refractivity contribution is 6.27. The average Bonchev–Trinajstić information content (AvgIpc) is 4.14. The van der Waals surface area contributed by atoms with Gasteiger partial charge in [-0.25, -0.2) is 0 Å². The summed E-state index contributed by atoms with van der Waals surface area (Å²) in [6.07, 6.45) is 3.80. The number of rotatable bonds is 6. The molecule has 10 aromatic carbocycles. The predicted molar refractivity (Wildman–Crippen MR) is 290 cm³/mol. The van der Waals surface area contributed by atoms with Crippen molar-refractivity contribution < 1.29 is 0 Å². The maximum Gasteiger partial charge on any atom is 0.0641 e. The number of para-hydroxylation sites is 6. The Morgan fingerprint density at radius 1 is 0.250 bits per heavy atom. The Kier molecular flexibility index (Phi) is 9.12. The van der Waals surface area contributed by atoms with Crippen molar-refractivity contribution in [1.82, 2.24) is 18.3 Å². The van der Waals surface area contributed by atoms with Crippen LogP contribution >= 0.6 is 0 Å². The van der Waals surface area contributed by atoms with E-state index in [0.717, 1.165) is 22.5 Å². The first-order chi connectivity index (χ1) is 33.7. The Balaban J connectivity index is 0.000000134. The van der Waals surface area contributed by atoms with E-state index in [1.54, 1.807) is 0 Å². The van der Waals surface area contributed by atoms with Crippen LogP contribution in [0.15, 0.2) is 244 Å². The van der Waals surface area contributed by atoms with Crippen molar-refractivity contribution in [2.75, 3.05) is 0 Å². The minimum atomic E-state index is 1.11. The highest BCUT2D eigenvalue weighted by atomic mass is 15.0. The fourth-order valence-corrected chi connectivity index (χ4v) is 10.8. The monoisotopic (exact) mass is 868 g/mol. The zero-order valence-electron chi connectivity index (χ0n) is 37.3. The van der Waals surface area contributed by atoms with Gasteiger partial charge in [0, 0.05) is 65.8 Å². The molecule has 4 aromatic heterocycles. The van der Waals surface area contributed by atoms with E-state index in [4.69, 9.17) is 0 Å². The zero-order valence-corrected chi connectivity index (χ0v) is 37.3. The summed E-state index contributed by atoms with van der Waals surface area (Å²) in [6.45, 7) is 7.90. The van der Waals surface area contributed by atoms with Crippen LogP contribution in [0.3, 0.4) is 0 Å². The Morgan fingerprint density at radius 2 is 0.632 bits per heavy atom. The summed E-state index contributed by atoms with van der Waals surface area (Å²) in [5, 5.41) is 10.2. The molecule has 320 valence electrons. The summed E-state index contributed by atoms with van der Waals surface area (Å²) >= 11 is 0. The number of aromatic nitrogens is 4. The largest absolute Gasteiger partial charge is 0.309 e. The van der Waals surface area contributed by atoms with E-state index in [0.29, 0.717) is 0 Å². The Hall–Kier alpha value is -9.12. The number of hydrogen-bond acceptors (Lipinski definition) is 0. The molecule has 0 saturated carbocycles. The molecule has 0 aliphatic rings. The van der Waals surface area contributed by atoms with Crippen LogP contribution in [0, 0.1) is 0 Å². The van der Waals surface area contributed by atoms with Crippen LogP contribution < -0.4 is 0 Å². The maximum atomic E-state index is 3.99. The number of fused-ring (bicyclic) bond motifs is 14. The molecule has 0 atom stereocenters. The van der Waals surface area contributed by atoms with Crippen molar-refractivity contribution in [3.05, 3.63) is 255 Å². The second kappa shape index (κ2) is 15.8. The van der Waals surface area contributed by atoms with Crippen molar-refractivity contribution in [2.24, 2.45) is 0 Å². The molecule has 0 fully saturated rings. The van der Waals surface area contributed by atoms with Gasteiger partial charge >= 0.3 is 0 Å². The van der Waals surface area contributed by atoms with Crippen LogP contribution in [0.5, 0.6) is 0 Å². The van der Waals surface area contributed by atoms with Crippen LogP contribution in [0.25, 0.3) is 122 Å². The molecule has 14 rings (SSSR count). The quantitative estimate of drug-likeness (QED) is 0.159. The van der Waals surface area contributed by atoms with Crippen molar-refractivity contribution in [2.45, 2.75) is 0 Å². The summed E-state index contributed by atoms with van der Waals surface area (Å²) in [5.74, 6) is 0. The molecule has 0 unspecified atom stereocenters. The van der Waals surface area contributed by atoms with E-state index in [1.165, 1.54) is 98.6 Å². The van der Waals surface area contributed by atoms with Gasteiger partial charge in [0.15, 0.2) is 0 Å². The average molecular weight is 869 g/mol. The van der Waals surface area contributed by atoms with E-state index in [-0.39, 0.29) is 0 Å². The van der Waals surface area contributed by atoms with E-state index < -0.39 is 0 Å². The highest BCUT2D eigenvalue weighted by Crippen LogP contribution is 2.44. The standard InChI is InChI=1S/2C32H22N2/c1-2-22-11-10-14-24(21-22)34-28-17-8-6-15-25(28)26-19-20-30-31(32(26)34)27-16-7-9-18-29(27)33(30)23-12-4-3-5-13-23;1-2-22-16-18-24(19-17-22)33-29-15-9-7-13-27(29)31-30(33)21-20-26-25-12-6-8-14-28(25)34(32(26)31)23-10-4-3-5-11-23/h2*2-21H,1H2. The zero-order chi connectivity index (χ0) is 45.3. The van der Waals surface area contributed by atoms with Gasteiger partial charge in [-0.1, -0.05) is 171 Å². The lowest BCUT2D eigenvalue weighted by atomic mass is 10.1. The summed E-state index contributed by atoms with van der Waals surface area (Å²) in [4.78, 5) is 0. The summed E-state index contributed by atoms with van der Waals surface area (Å²) in [7, 11) is 0. The normalized spacial score (nSPS) is 11.6. The Morgan fingerprint density at radius 3 is 1.12 bits per heavy atom. The molecule has 14 aromatic rings. The van der Waals surface area contributed by atoms with Crippen molar-refractivity contribution >= 4 is 99.4 Å². The van der Waals surface area contributed by atoms with Crippen LogP contribution in [-0.4, -0.2) is 18.3 Å². The third-order valence-corrected chi connectivity index (χ3v) is 13.7. The predicted octanol–water partition coefficient (Wildman–Crippen LogP) is 17.0. The molecule has 0 aliphatic heterocycles. The molecule has 4 nitrogen and oxygen atoms in total. The van der Waals surface area contributed by atoms with Crippen LogP contribution in [-0.2, 0) is 0 Å². The molecular formula is C64H44N4.